The first kappa shape index (κ1) is 22.4. The van der Waals surface area contributed by atoms with Gasteiger partial charge in [-0.3, -0.25) is 14.4 Å². The molecule has 0 N–H and O–H groups in total. The highest BCUT2D eigenvalue weighted by Gasteiger charge is 2.69. The van der Waals surface area contributed by atoms with E-state index in [0.717, 1.165) is 24.0 Å². The van der Waals surface area contributed by atoms with Crippen molar-refractivity contribution in [3.8, 4) is 0 Å². The third-order valence-electron chi connectivity index (χ3n) is 9.99. The van der Waals surface area contributed by atoms with E-state index in [1.807, 2.05) is 26.0 Å². The molecular weight excluding hydrogens is 416 g/mol. The molecule has 0 unspecified atom stereocenters. The van der Waals surface area contributed by atoms with Gasteiger partial charge in [-0.2, -0.15) is 0 Å². The molecule has 5 heteroatoms. The van der Waals surface area contributed by atoms with Crippen LogP contribution in [-0.2, 0) is 19.1 Å². The van der Waals surface area contributed by atoms with Crippen molar-refractivity contribution in [3.05, 3.63) is 48.0 Å². The lowest BCUT2D eigenvalue weighted by molar-refractivity contribution is -0.187. The Hall–Kier alpha value is -2.43. The molecular formula is C28H34O5. The average Bonchev–Trinajstić information content (AvgIpc) is 3.32. The highest BCUT2D eigenvalue weighted by molar-refractivity contribution is 6.01. The zero-order chi connectivity index (χ0) is 24.0. The largest absolute Gasteiger partial charge is 0.472 e. The third kappa shape index (κ3) is 2.74. The molecule has 0 aromatic carbocycles. The van der Waals surface area contributed by atoms with Crippen LogP contribution in [0.2, 0.25) is 0 Å². The molecule has 33 heavy (non-hydrogen) atoms. The van der Waals surface area contributed by atoms with E-state index in [-0.39, 0.29) is 46.1 Å². The smallest absolute Gasteiger partial charge is 0.302 e. The fourth-order valence-electron chi connectivity index (χ4n) is 8.44. The summed E-state index contributed by atoms with van der Waals surface area (Å²) in [5.74, 6) is -0.177. The molecule has 1 heterocycles. The van der Waals surface area contributed by atoms with E-state index in [0.29, 0.717) is 6.42 Å². The first-order valence-electron chi connectivity index (χ1n) is 12.1. The number of hydrogen-bond acceptors (Lipinski definition) is 5. The lowest BCUT2D eigenvalue weighted by Crippen LogP contribution is -2.64. The van der Waals surface area contributed by atoms with Crippen molar-refractivity contribution in [1.29, 1.82) is 0 Å². The minimum Gasteiger partial charge on any atom is -0.472 e. The molecule has 0 aliphatic heterocycles. The van der Waals surface area contributed by atoms with E-state index in [4.69, 9.17) is 9.15 Å². The van der Waals surface area contributed by atoms with Gasteiger partial charge in [0.05, 0.1) is 18.4 Å². The molecule has 5 nitrogen and oxygen atoms in total. The summed E-state index contributed by atoms with van der Waals surface area (Å²) in [5, 5.41) is 0. The van der Waals surface area contributed by atoms with Gasteiger partial charge in [-0.25, -0.2) is 0 Å². The van der Waals surface area contributed by atoms with Crippen LogP contribution in [0.15, 0.2) is 46.8 Å². The molecule has 0 spiro atoms. The van der Waals surface area contributed by atoms with Crippen molar-refractivity contribution >= 4 is 17.5 Å². The first-order valence-corrected chi connectivity index (χ1v) is 12.1. The van der Waals surface area contributed by atoms with Crippen LogP contribution < -0.4 is 0 Å². The van der Waals surface area contributed by atoms with Gasteiger partial charge in [-0.05, 0) is 60.3 Å². The highest BCUT2D eigenvalue weighted by Crippen LogP contribution is 2.72. The number of ether oxygens (including phenoxy) is 1. The summed E-state index contributed by atoms with van der Waals surface area (Å²) in [6.45, 7) is 12.1. The van der Waals surface area contributed by atoms with Gasteiger partial charge in [0.15, 0.2) is 11.6 Å². The molecule has 4 aliphatic carbocycles. The Kier molecular flexibility index (Phi) is 4.61. The Morgan fingerprint density at radius 1 is 1.12 bits per heavy atom. The third-order valence-corrected chi connectivity index (χ3v) is 9.99. The average molecular weight is 451 g/mol. The molecule has 5 rings (SSSR count). The quantitative estimate of drug-likeness (QED) is 0.563. The van der Waals surface area contributed by atoms with Crippen molar-refractivity contribution in [2.24, 2.45) is 33.5 Å². The van der Waals surface area contributed by atoms with E-state index in [1.54, 1.807) is 18.6 Å². The number of esters is 1. The summed E-state index contributed by atoms with van der Waals surface area (Å²) < 4.78 is 11.4. The summed E-state index contributed by atoms with van der Waals surface area (Å²) in [7, 11) is 0. The lowest BCUT2D eigenvalue weighted by Gasteiger charge is -2.66. The predicted molar refractivity (Wildman–Crippen MR) is 123 cm³/mol. The van der Waals surface area contributed by atoms with Gasteiger partial charge in [-0.1, -0.05) is 40.7 Å². The van der Waals surface area contributed by atoms with Gasteiger partial charge in [-0.15, -0.1) is 0 Å². The second-order valence-electron chi connectivity index (χ2n) is 11.9. The molecule has 0 radical (unpaired) electrons. The normalized spacial score (nSPS) is 43.4. The number of ketones is 2. The topological polar surface area (TPSA) is 73.6 Å². The molecule has 2 saturated carbocycles. The van der Waals surface area contributed by atoms with Gasteiger partial charge >= 0.3 is 5.97 Å². The monoisotopic (exact) mass is 450 g/mol. The SMILES string of the molecule is CC(=O)O[C@@H]1C[C@H]2C(C)(C)C(=O)C=C[C@@]2(C)[C@@H]2CC[C@@]3(C)C(=CC(=O)[C@H]3c3ccoc3)[C@@]12C. The predicted octanol–water partition coefficient (Wildman–Crippen LogP) is 5.42. The van der Waals surface area contributed by atoms with Gasteiger partial charge in [0.1, 0.15) is 6.10 Å². The van der Waals surface area contributed by atoms with Crippen LogP contribution in [0.3, 0.4) is 0 Å². The van der Waals surface area contributed by atoms with Crippen LogP contribution in [0.5, 0.6) is 0 Å². The summed E-state index contributed by atoms with van der Waals surface area (Å²) in [4.78, 5) is 38.6. The van der Waals surface area contributed by atoms with Crippen molar-refractivity contribution in [2.45, 2.75) is 72.8 Å². The first-order chi connectivity index (χ1) is 15.4. The zero-order valence-electron chi connectivity index (χ0n) is 20.4. The zero-order valence-corrected chi connectivity index (χ0v) is 20.4. The van der Waals surface area contributed by atoms with Gasteiger partial charge < -0.3 is 9.15 Å². The fourth-order valence-corrected chi connectivity index (χ4v) is 8.44. The molecule has 1 aromatic rings. The maximum Gasteiger partial charge on any atom is 0.302 e. The minimum absolute atomic E-state index is 0.0525. The standard InChI is InChI=1S/C28H34O5/c1-16(29)33-23-14-20-25(2,3)22(31)8-11-26(20,4)19-7-10-27(5)21(28(19,23)6)13-18(30)24(27)17-9-12-32-15-17/h8-9,11-13,15,19-20,23-24H,7,10,14H2,1-6H3/t19-,20-,23+,24+,26-,27-,28-/m0/s1. The van der Waals surface area contributed by atoms with Crippen molar-refractivity contribution in [3.63, 3.8) is 0 Å². The number of carbonyl (C=O) groups excluding carboxylic acids is 3. The number of rotatable bonds is 2. The van der Waals surface area contributed by atoms with Gasteiger partial charge in [0.2, 0.25) is 0 Å². The summed E-state index contributed by atoms with van der Waals surface area (Å²) in [6.07, 6.45) is 11.0. The Balaban J connectivity index is 1.68. The molecule has 7 atom stereocenters. The minimum atomic E-state index is -0.539. The number of allylic oxidation sites excluding steroid dienone is 3. The van der Waals surface area contributed by atoms with Crippen molar-refractivity contribution in [2.75, 3.05) is 0 Å². The van der Waals surface area contributed by atoms with Crippen LogP contribution in [0, 0.1) is 33.5 Å². The van der Waals surface area contributed by atoms with E-state index in [1.165, 1.54) is 6.92 Å². The van der Waals surface area contributed by atoms with Crippen LogP contribution in [0.1, 0.15) is 72.3 Å². The maximum atomic E-state index is 13.4. The fraction of sp³-hybridized carbons (Fsp3) is 0.607. The number of carbonyl (C=O) groups is 3. The Morgan fingerprint density at radius 3 is 2.48 bits per heavy atom. The Bertz CT molecular complexity index is 1090. The number of fused-ring (bicyclic) bond motifs is 5. The van der Waals surface area contributed by atoms with Crippen LogP contribution in [0.25, 0.3) is 0 Å². The molecule has 0 amide bonds. The highest BCUT2D eigenvalue weighted by atomic mass is 16.5. The van der Waals surface area contributed by atoms with E-state index < -0.39 is 16.9 Å². The van der Waals surface area contributed by atoms with E-state index >= 15 is 0 Å². The molecule has 2 fully saturated rings. The van der Waals surface area contributed by atoms with Gasteiger partial charge in [0, 0.05) is 28.7 Å². The van der Waals surface area contributed by atoms with Crippen LogP contribution in [0.4, 0.5) is 0 Å². The van der Waals surface area contributed by atoms with Crippen molar-refractivity contribution in [1.82, 2.24) is 0 Å². The van der Waals surface area contributed by atoms with Crippen LogP contribution in [-0.4, -0.2) is 23.6 Å². The van der Waals surface area contributed by atoms with E-state index in [9.17, 15) is 14.4 Å². The van der Waals surface area contributed by atoms with Crippen molar-refractivity contribution < 1.29 is 23.5 Å². The lowest BCUT2D eigenvalue weighted by atomic mass is 9.38. The Morgan fingerprint density at radius 2 is 1.85 bits per heavy atom. The summed E-state index contributed by atoms with van der Waals surface area (Å²) in [6, 6.07) is 1.89. The van der Waals surface area contributed by atoms with E-state index in [2.05, 4.69) is 26.8 Å². The molecule has 4 aliphatic rings. The van der Waals surface area contributed by atoms with Crippen LogP contribution >= 0.6 is 0 Å². The molecule has 1 aromatic heterocycles. The number of furan rings is 1. The summed E-state index contributed by atoms with van der Waals surface area (Å²) >= 11 is 0. The molecule has 176 valence electrons. The number of hydrogen-bond donors (Lipinski definition) is 0. The van der Waals surface area contributed by atoms with Gasteiger partial charge in [0.25, 0.3) is 0 Å². The second-order valence-corrected chi connectivity index (χ2v) is 11.9. The second kappa shape index (κ2) is 6.80. The maximum absolute atomic E-state index is 13.4. The molecule has 0 saturated heterocycles. The Labute approximate surface area is 195 Å². The molecule has 0 bridgehead atoms. The summed E-state index contributed by atoms with van der Waals surface area (Å²) in [5.41, 5.74) is 0.363.